The van der Waals surface area contributed by atoms with Gasteiger partial charge in [-0.15, -0.1) is 0 Å². The number of unbranched alkanes of at least 4 members (excludes halogenated alkanes) is 22. The summed E-state index contributed by atoms with van der Waals surface area (Å²) >= 11 is 0. The fourth-order valence-electron chi connectivity index (χ4n) is 6.68. The van der Waals surface area contributed by atoms with E-state index in [0.29, 0.717) is 24.2 Å². The molecule has 0 aliphatic carbocycles. The van der Waals surface area contributed by atoms with Gasteiger partial charge in [0.1, 0.15) is 0 Å². The summed E-state index contributed by atoms with van der Waals surface area (Å²) in [6.07, 6.45) is 41.8. The monoisotopic (exact) mass is 841 g/mol. The van der Waals surface area contributed by atoms with Crippen molar-refractivity contribution in [1.29, 1.82) is 0 Å². The van der Waals surface area contributed by atoms with Gasteiger partial charge in [0, 0.05) is 35.3 Å². The number of allylic oxidation sites excluding steroid dienone is 4. The van der Waals surface area contributed by atoms with E-state index in [9.17, 15) is 29.4 Å². The van der Waals surface area contributed by atoms with E-state index in [1.54, 1.807) is 36.4 Å². The molecular weight excluding hydrogens is 765 g/mol. The van der Waals surface area contributed by atoms with Crippen LogP contribution in [0.15, 0.2) is 72.8 Å². The van der Waals surface area contributed by atoms with Gasteiger partial charge in [0.15, 0.2) is 0 Å². The number of carboxylic acids is 2. The second kappa shape index (κ2) is 40.5. The molecule has 9 heteroatoms. The Balaban J connectivity index is 0.00000112. The van der Waals surface area contributed by atoms with E-state index < -0.39 is 11.9 Å². The number of rotatable bonds is 34. The molecule has 0 heterocycles. The van der Waals surface area contributed by atoms with Gasteiger partial charge >= 0.3 is 37.7 Å². The number of hydrogen-bond acceptors (Lipinski definition) is 6. The predicted molar refractivity (Wildman–Crippen MR) is 243 cm³/mol. The first-order valence-electron chi connectivity index (χ1n) is 22.8. The molecule has 2 aromatic carbocycles. The first-order valence-corrected chi connectivity index (χ1v) is 22.8. The van der Waals surface area contributed by atoms with E-state index in [1.807, 2.05) is 0 Å². The SMILES string of the molecule is CCCCCCCCC=CCCCCCCCC(=O)Nc1ccccc1C(=O)[O-].CCCCCCCCC=CCCCCCCCC(=O)Nc1ccccc1C(=O)[O-].[Ca+2]. The third-order valence-electron chi connectivity index (χ3n) is 10.2. The van der Waals surface area contributed by atoms with E-state index in [4.69, 9.17) is 0 Å². The van der Waals surface area contributed by atoms with E-state index in [0.717, 1.165) is 51.4 Å². The Morgan fingerprint density at radius 3 is 1.00 bits per heavy atom. The molecule has 0 unspecified atom stereocenters. The van der Waals surface area contributed by atoms with Gasteiger partial charge in [-0.3, -0.25) is 9.59 Å². The Kier molecular flexibility index (Phi) is 38.4. The number of carbonyl (C=O) groups excluding carboxylic acids is 4. The van der Waals surface area contributed by atoms with Crippen molar-refractivity contribution >= 4 is 72.9 Å². The Morgan fingerprint density at radius 1 is 0.424 bits per heavy atom. The molecule has 2 N–H and O–H groups in total. The first-order chi connectivity index (χ1) is 28.3. The first kappa shape index (κ1) is 56.1. The molecule has 2 rings (SSSR count). The summed E-state index contributed by atoms with van der Waals surface area (Å²) in [5, 5.41) is 27.4. The summed E-state index contributed by atoms with van der Waals surface area (Å²) in [5.74, 6) is -2.84. The maximum atomic E-state index is 12.0. The summed E-state index contributed by atoms with van der Waals surface area (Å²) in [7, 11) is 0. The second-order valence-electron chi connectivity index (χ2n) is 15.4. The van der Waals surface area contributed by atoms with E-state index in [-0.39, 0.29) is 60.7 Å². The maximum absolute atomic E-state index is 12.0. The fraction of sp³-hybridized carbons (Fsp3) is 0.600. The molecule has 2 amide bonds. The summed E-state index contributed by atoms with van der Waals surface area (Å²) < 4.78 is 0. The largest absolute Gasteiger partial charge is 2.00 e. The van der Waals surface area contributed by atoms with Crippen molar-refractivity contribution in [3.63, 3.8) is 0 Å². The van der Waals surface area contributed by atoms with E-state index >= 15 is 0 Å². The van der Waals surface area contributed by atoms with Crippen LogP contribution in [0, 0.1) is 0 Å². The number of amides is 2. The Hall–Kier alpha value is -2.94. The maximum Gasteiger partial charge on any atom is 2.00 e. The van der Waals surface area contributed by atoms with Crippen LogP contribution < -0.4 is 20.8 Å². The number of carboxylic acid groups (broad SMARTS) is 2. The van der Waals surface area contributed by atoms with Crippen LogP contribution in [-0.2, 0) is 9.59 Å². The van der Waals surface area contributed by atoms with Crippen LogP contribution in [0.2, 0.25) is 0 Å². The summed E-state index contributed by atoms with van der Waals surface area (Å²) in [6, 6.07) is 12.7. The van der Waals surface area contributed by atoms with E-state index in [1.165, 1.54) is 128 Å². The second-order valence-corrected chi connectivity index (χ2v) is 15.4. The van der Waals surface area contributed by atoms with Crippen LogP contribution in [0.3, 0.4) is 0 Å². The molecule has 2 aromatic rings. The van der Waals surface area contributed by atoms with Gasteiger partial charge < -0.3 is 30.4 Å². The molecular formula is C50H76CaN2O6. The molecule has 0 atom stereocenters. The molecule has 0 aliphatic rings. The third kappa shape index (κ3) is 32.5. The predicted octanol–water partition coefficient (Wildman–Crippen LogP) is 11.7. The van der Waals surface area contributed by atoms with Gasteiger partial charge in [-0.2, -0.15) is 0 Å². The van der Waals surface area contributed by atoms with Crippen molar-refractivity contribution in [1.82, 2.24) is 0 Å². The Bertz CT molecular complexity index is 1330. The summed E-state index contributed by atoms with van der Waals surface area (Å²) in [4.78, 5) is 46.1. The third-order valence-corrected chi connectivity index (χ3v) is 10.2. The summed E-state index contributed by atoms with van der Waals surface area (Å²) in [5.41, 5.74) is 0.659. The topological polar surface area (TPSA) is 138 Å². The normalized spacial score (nSPS) is 10.9. The summed E-state index contributed by atoms with van der Waals surface area (Å²) in [6.45, 7) is 4.50. The number of aromatic carboxylic acids is 2. The number of anilines is 2. The Morgan fingerprint density at radius 2 is 0.695 bits per heavy atom. The zero-order valence-electron chi connectivity index (χ0n) is 36.9. The average molecular weight is 841 g/mol. The molecule has 0 spiro atoms. The van der Waals surface area contributed by atoms with Crippen molar-refractivity contribution in [2.45, 2.75) is 194 Å². The number of nitrogens with one attached hydrogen (secondary N) is 2. The Labute approximate surface area is 387 Å². The molecule has 0 saturated carbocycles. The average Bonchev–Trinajstić information content (AvgIpc) is 3.21. The van der Waals surface area contributed by atoms with Crippen molar-refractivity contribution in [2.24, 2.45) is 0 Å². The minimum atomic E-state index is -1.28. The smallest absolute Gasteiger partial charge is 0.545 e. The van der Waals surface area contributed by atoms with Crippen molar-refractivity contribution in [3.8, 4) is 0 Å². The zero-order valence-corrected chi connectivity index (χ0v) is 39.1. The van der Waals surface area contributed by atoms with Gasteiger partial charge in [-0.1, -0.05) is 177 Å². The van der Waals surface area contributed by atoms with Crippen molar-refractivity contribution < 1.29 is 29.4 Å². The van der Waals surface area contributed by atoms with Crippen LogP contribution in [0.25, 0.3) is 0 Å². The number of hydrogen-bond donors (Lipinski definition) is 2. The van der Waals surface area contributed by atoms with Crippen LogP contribution in [0.1, 0.15) is 214 Å². The van der Waals surface area contributed by atoms with Gasteiger partial charge in [-0.05, 0) is 76.3 Å². The standard InChI is InChI=1S/2C25H39NO3.Ca/c2*1-2-3-4-5-6-7-8-9-10-11-12-13-14-15-16-21-24(27)26-23-20-18-17-19-22(23)25(28)29;/h2*9-10,17-20H,2-8,11-16,21H2,1H3,(H,26,27)(H,28,29);/q;;+2/p-2. The van der Waals surface area contributed by atoms with Crippen molar-refractivity contribution in [3.05, 3.63) is 84.0 Å². The quantitative estimate of drug-likeness (QED) is 0.0409. The number of para-hydroxylation sites is 2. The minimum absolute atomic E-state index is 0. The van der Waals surface area contributed by atoms with Crippen LogP contribution in [0.4, 0.5) is 11.4 Å². The number of benzene rings is 2. The fourth-order valence-corrected chi connectivity index (χ4v) is 6.68. The molecule has 0 fully saturated rings. The number of carbonyl (C=O) groups is 4. The molecule has 0 aromatic heterocycles. The van der Waals surface area contributed by atoms with E-state index in [2.05, 4.69) is 48.8 Å². The molecule has 0 aliphatic heterocycles. The zero-order chi connectivity index (χ0) is 42.3. The van der Waals surface area contributed by atoms with Crippen LogP contribution >= 0.6 is 0 Å². The molecule has 0 radical (unpaired) electrons. The van der Waals surface area contributed by atoms with Crippen LogP contribution in [0.5, 0.6) is 0 Å². The van der Waals surface area contributed by atoms with Gasteiger partial charge in [0.25, 0.3) is 0 Å². The molecule has 8 nitrogen and oxygen atoms in total. The van der Waals surface area contributed by atoms with Crippen LogP contribution in [-0.4, -0.2) is 61.5 Å². The van der Waals surface area contributed by atoms with Gasteiger partial charge in [0.2, 0.25) is 11.8 Å². The molecule has 0 bridgehead atoms. The molecule has 324 valence electrons. The van der Waals surface area contributed by atoms with Gasteiger partial charge in [-0.25, -0.2) is 0 Å². The molecule has 0 saturated heterocycles. The van der Waals surface area contributed by atoms with Gasteiger partial charge in [0.05, 0.1) is 11.9 Å². The molecule has 59 heavy (non-hydrogen) atoms. The van der Waals surface area contributed by atoms with Crippen molar-refractivity contribution in [2.75, 3.05) is 10.6 Å². The minimum Gasteiger partial charge on any atom is -0.545 e.